The summed E-state index contributed by atoms with van der Waals surface area (Å²) in [5.41, 5.74) is 1.20. The molecular formula is C15H17N3OS. The lowest BCUT2D eigenvalue weighted by molar-refractivity contribution is 0.368. The monoisotopic (exact) mass is 287 g/mol. The zero-order valence-electron chi connectivity index (χ0n) is 11.4. The molecule has 2 rings (SSSR count). The highest BCUT2D eigenvalue weighted by atomic mass is 32.1. The molecule has 0 fully saturated rings. The highest BCUT2D eigenvalue weighted by Gasteiger charge is 2.05. The number of rotatable bonds is 7. The Morgan fingerprint density at radius 2 is 2.20 bits per heavy atom. The third kappa shape index (κ3) is 4.34. The summed E-state index contributed by atoms with van der Waals surface area (Å²) in [6, 6.07) is 10.1. The maximum atomic E-state index is 8.46. The standard InChI is InChI=1S/C15H17N3OS/c1-12(17-8-6-15-18-9-11-20-15)13-2-4-14(5-3-13)19-10-7-16/h2-5,9,11-12,17H,6,8,10H2,1H3. The van der Waals surface area contributed by atoms with Crippen LogP contribution < -0.4 is 10.1 Å². The molecule has 1 aromatic carbocycles. The summed E-state index contributed by atoms with van der Waals surface area (Å²) < 4.78 is 5.23. The zero-order valence-corrected chi connectivity index (χ0v) is 12.2. The van der Waals surface area contributed by atoms with Crippen molar-refractivity contribution in [3.05, 3.63) is 46.4 Å². The smallest absolute Gasteiger partial charge is 0.174 e. The van der Waals surface area contributed by atoms with Crippen LogP contribution in [0, 0.1) is 11.3 Å². The van der Waals surface area contributed by atoms with Crippen LogP contribution >= 0.6 is 11.3 Å². The van der Waals surface area contributed by atoms with Gasteiger partial charge in [-0.1, -0.05) is 12.1 Å². The molecule has 0 radical (unpaired) electrons. The Labute approximate surface area is 123 Å². The van der Waals surface area contributed by atoms with Crippen LogP contribution in [0.5, 0.6) is 5.75 Å². The van der Waals surface area contributed by atoms with Crippen molar-refractivity contribution in [3.8, 4) is 11.8 Å². The summed E-state index contributed by atoms with van der Waals surface area (Å²) >= 11 is 1.69. The molecular weight excluding hydrogens is 270 g/mol. The number of hydrogen-bond donors (Lipinski definition) is 1. The Kier molecular flexibility index (Phi) is 5.54. The highest BCUT2D eigenvalue weighted by Crippen LogP contribution is 2.17. The van der Waals surface area contributed by atoms with Gasteiger partial charge in [0, 0.05) is 30.6 Å². The number of aromatic nitrogens is 1. The lowest BCUT2D eigenvalue weighted by Gasteiger charge is -2.14. The number of benzene rings is 1. The molecule has 0 aliphatic heterocycles. The lowest BCUT2D eigenvalue weighted by atomic mass is 10.1. The molecule has 1 atom stereocenters. The van der Waals surface area contributed by atoms with Gasteiger partial charge in [0.1, 0.15) is 11.8 Å². The van der Waals surface area contributed by atoms with E-state index in [1.165, 1.54) is 5.56 Å². The molecule has 1 unspecified atom stereocenters. The summed E-state index contributed by atoms with van der Waals surface area (Å²) in [6.45, 7) is 3.12. The fourth-order valence-electron chi connectivity index (χ4n) is 1.86. The quantitative estimate of drug-likeness (QED) is 0.850. The summed E-state index contributed by atoms with van der Waals surface area (Å²) in [5.74, 6) is 0.727. The lowest BCUT2D eigenvalue weighted by Crippen LogP contribution is -2.21. The predicted molar refractivity (Wildman–Crippen MR) is 79.8 cm³/mol. The maximum absolute atomic E-state index is 8.46. The van der Waals surface area contributed by atoms with E-state index in [0.717, 1.165) is 23.7 Å². The molecule has 0 spiro atoms. The Morgan fingerprint density at radius 1 is 1.40 bits per heavy atom. The second-order valence-corrected chi connectivity index (χ2v) is 5.35. The first-order valence-electron chi connectivity index (χ1n) is 6.51. The summed E-state index contributed by atoms with van der Waals surface area (Å²) in [4.78, 5) is 4.26. The minimum Gasteiger partial charge on any atom is -0.479 e. The predicted octanol–water partition coefficient (Wildman–Crippen LogP) is 2.94. The first kappa shape index (κ1) is 14.5. The van der Waals surface area contributed by atoms with E-state index in [1.807, 2.05) is 41.9 Å². The van der Waals surface area contributed by atoms with Crippen molar-refractivity contribution in [2.24, 2.45) is 0 Å². The Balaban J connectivity index is 1.79. The summed E-state index contributed by atoms with van der Waals surface area (Å²) in [7, 11) is 0. The molecule has 5 heteroatoms. The van der Waals surface area contributed by atoms with Crippen molar-refractivity contribution >= 4 is 11.3 Å². The van der Waals surface area contributed by atoms with Gasteiger partial charge in [-0.3, -0.25) is 0 Å². The third-order valence-corrected chi connectivity index (χ3v) is 3.80. The molecule has 0 bridgehead atoms. The summed E-state index contributed by atoms with van der Waals surface area (Å²) in [6.07, 6.45) is 2.79. The minimum absolute atomic E-state index is 0.0843. The SMILES string of the molecule is CC(NCCc1nccs1)c1ccc(OCC#N)cc1. The topological polar surface area (TPSA) is 57.9 Å². The minimum atomic E-state index is 0.0843. The van der Waals surface area contributed by atoms with Gasteiger partial charge in [-0.05, 0) is 24.6 Å². The Hall–Kier alpha value is -1.90. The van der Waals surface area contributed by atoms with E-state index >= 15 is 0 Å². The van der Waals surface area contributed by atoms with Crippen molar-refractivity contribution in [1.82, 2.24) is 10.3 Å². The van der Waals surface area contributed by atoms with Gasteiger partial charge in [-0.2, -0.15) is 5.26 Å². The van der Waals surface area contributed by atoms with Gasteiger partial charge in [0.15, 0.2) is 6.61 Å². The first-order chi connectivity index (χ1) is 9.79. The van der Waals surface area contributed by atoms with Gasteiger partial charge < -0.3 is 10.1 Å². The molecule has 0 amide bonds. The third-order valence-electron chi connectivity index (χ3n) is 2.96. The number of thiazole rings is 1. The molecule has 104 valence electrons. The number of nitrogens with zero attached hydrogens (tertiary/aromatic N) is 2. The van der Waals surface area contributed by atoms with Crippen LogP contribution in [0.1, 0.15) is 23.5 Å². The number of nitriles is 1. The molecule has 20 heavy (non-hydrogen) atoms. The average molecular weight is 287 g/mol. The van der Waals surface area contributed by atoms with Crippen molar-refractivity contribution in [2.45, 2.75) is 19.4 Å². The Bertz CT molecular complexity index is 545. The average Bonchev–Trinajstić information content (AvgIpc) is 2.99. The molecule has 4 nitrogen and oxygen atoms in total. The van der Waals surface area contributed by atoms with Crippen LogP contribution in [0.3, 0.4) is 0 Å². The molecule has 1 heterocycles. The second kappa shape index (κ2) is 7.63. The van der Waals surface area contributed by atoms with Crippen LogP contribution in [0.2, 0.25) is 0 Å². The second-order valence-electron chi connectivity index (χ2n) is 4.37. The van der Waals surface area contributed by atoms with Crippen LogP contribution in [-0.2, 0) is 6.42 Å². The van der Waals surface area contributed by atoms with Crippen molar-refractivity contribution in [2.75, 3.05) is 13.2 Å². The first-order valence-corrected chi connectivity index (χ1v) is 7.39. The largest absolute Gasteiger partial charge is 0.479 e. The maximum Gasteiger partial charge on any atom is 0.174 e. The van der Waals surface area contributed by atoms with Crippen molar-refractivity contribution in [3.63, 3.8) is 0 Å². The van der Waals surface area contributed by atoms with Gasteiger partial charge in [-0.25, -0.2) is 4.98 Å². The molecule has 1 N–H and O–H groups in total. The van der Waals surface area contributed by atoms with E-state index < -0.39 is 0 Å². The van der Waals surface area contributed by atoms with Gasteiger partial charge in [0.25, 0.3) is 0 Å². The van der Waals surface area contributed by atoms with Crippen LogP contribution in [-0.4, -0.2) is 18.1 Å². The Morgan fingerprint density at radius 3 is 2.85 bits per heavy atom. The molecule has 1 aromatic heterocycles. The van der Waals surface area contributed by atoms with Crippen LogP contribution in [0.4, 0.5) is 0 Å². The zero-order chi connectivity index (χ0) is 14.2. The highest BCUT2D eigenvalue weighted by molar-refractivity contribution is 7.09. The summed E-state index contributed by atoms with van der Waals surface area (Å²) in [5, 5.41) is 15.1. The molecule has 0 aliphatic carbocycles. The number of hydrogen-bond acceptors (Lipinski definition) is 5. The van der Waals surface area contributed by atoms with Gasteiger partial charge >= 0.3 is 0 Å². The van der Waals surface area contributed by atoms with Crippen molar-refractivity contribution in [1.29, 1.82) is 5.26 Å². The van der Waals surface area contributed by atoms with Crippen molar-refractivity contribution < 1.29 is 4.74 Å². The van der Waals surface area contributed by atoms with Crippen LogP contribution in [0.25, 0.3) is 0 Å². The number of nitrogens with one attached hydrogen (secondary N) is 1. The van der Waals surface area contributed by atoms with E-state index in [1.54, 1.807) is 11.3 Å². The van der Waals surface area contributed by atoms with E-state index in [4.69, 9.17) is 10.00 Å². The fraction of sp³-hybridized carbons (Fsp3) is 0.333. The number of ether oxygens (including phenoxy) is 1. The van der Waals surface area contributed by atoms with E-state index in [2.05, 4.69) is 17.2 Å². The van der Waals surface area contributed by atoms with E-state index in [9.17, 15) is 0 Å². The molecule has 0 saturated carbocycles. The molecule has 0 saturated heterocycles. The van der Waals surface area contributed by atoms with Crippen LogP contribution in [0.15, 0.2) is 35.8 Å². The molecule has 0 aliphatic rings. The fourth-order valence-corrected chi connectivity index (χ4v) is 2.48. The molecule has 2 aromatic rings. The van der Waals surface area contributed by atoms with E-state index in [-0.39, 0.29) is 12.6 Å². The van der Waals surface area contributed by atoms with Gasteiger partial charge in [0.05, 0.1) is 5.01 Å². The normalized spacial score (nSPS) is 11.8. The van der Waals surface area contributed by atoms with E-state index in [0.29, 0.717) is 0 Å². The van der Waals surface area contributed by atoms with Gasteiger partial charge in [-0.15, -0.1) is 11.3 Å². The van der Waals surface area contributed by atoms with Gasteiger partial charge in [0.2, 0.25) is 0 Å².